The van der Waals surface area contributed by atoms with Crippen molar-refractivity contribution in [1.82, 2.24) is 15.0 Å². The Bertz CT molecular complexity index is 1150. The molecule has 0 saturated heterocycles. The van der Waals surface area contributed by atoms with Gasteiger partial charge in [-0.25, -0.2) is 9.97 Å². The van der Waals surface area contributed by atoms with E-state index in [9.17, 15) is 4.79 Å². The summed E-state index contributed by atoms with van der Waals surface area (Å²) in [5.41, 5.74) is 3.60. The van der Waals surface area contributed by atoms with Crippen molar-refractivity contribution in [2.75, 3.05) is 10.6 Å². The zero-order chi connectivity index (χ0) is 20.1. The number of carbonyl (C=O) groups is 1. The molecule has 0 fully saturated rings. The molecule has 0 aliphatic heterocycles. The molecule has 2 N–H and O–H groups in total. The average Bonchev–Trinajstić information content (AvgIpc) is 2.75. The first kappa shape index (κ1) is 18.6. The van der Waals surface area contributed by atoms with Crippen LogP contribution < -0.4 is 10.6 Å². The Morgan fingerprint density at radius 2 is 1.76 bits per heavy atom. The van der Waals surface area contributed by atoms with Gasteiger partial charge in [-0.2, -0.15) is 0 Å². The smallest absolute Gasteiger partial charge is 0.256 e. The van der Waals surface area contributed by atoms with Crippen molar-refractivity contribution in [1.29, 1.82) is 0 Å². The zero-order valence-electron chi connectivity index (χ0n) is 15.3. The molecule has 0 aliphatic rings. The van der Waals surface area contributed by atoms with Crippen LogP contribution in [0.5, 0.6) is 0 Å². The van der Waals surface area contributed by atoms with Gasteiger partial charge in [0.15, 0.2) is 0 Å². The van der Waals surface area contributed by atoms with Crippen LogP contribution in [0.3, 0.4) is 0 Å². The number of carbonyl (C=O) groups excluding carboxylic acids is 1. The fraction of sp³-hybridized carbons (Fsp3) is 0. The first-order valence-electron chi connectivity index (χ1n) is 8.89. The third kappa shape index (κ3) is 4.59. The number of nitrogens with zero attached hydrogens (tertiary/aromatic N) is 3. The summed E-state index contributed by atoms with van der Waals surface area (Å²) in [6.45, 7) is 0. The topological polar surface area (TPSA) is 79.8 Å². The summed E-state index contributed by atoms with van der Waals surface area (Å²) in [4.78, 5) is 26.0. The summed E-state index contributed by atoms with van der Waals surface area (Å²) in [5, 5.41) is 6.06. The molecule has 29 heavy (non-hydrogen) atoms. The SMILES string of the molecule is O=C(Nc1cccc(Nc2nccc(-c3cccnc3)n2)c1)c1ccccc1S. The Labute approximate surface area is 173 Å². The van der Waals surface area contributed by atoms with E-state index in [1.54, 1.807) is 36.8 Å². The van der Waals surface area contributed by atoms with Gasteiger partial charge in [0, 0.05) is 40.4 Å². The van der Waals surface area contributed by atoms with Crippen LogP contribution in [-0.2, 0) is 0 Å². The second-order valence-corrected chi connectivity index (χ2v) is 6.67. The first-order valence-corrected chi connectivity index (χ1v) is 9.34. The molecule has 1 amide bonds. The Morgan fingerprint density at radius 1 is 0.897 bits per heavy atom. The number of nitrogens with one attached hydrogen (secondary N) is 2. The van der Waals surface area contributed by atoms with E-state index < -0.39 is 0 Å². The predicted octanol–water partition coefficient (Wildman–Crippen LogP) is 4.82. The summed E-state index contributed by atoms with van der Waals surface area (Å²) in [6, 6.07) is 20.1. The zero-order valence-corrected chi connectivity index (χ0v) is 16.2. The number of amides is 1. The first-order chi connectivity index (χ1) is 14.2. The lowest BCUT2D eigenvalue weighted by Gasteiger charge is -2.10. The van der Waals surface area contributed by atoms with E-state index in [0.717, 1.165) is 16.9 Å². The lowest BCUT2D eigenvalue weighted by Crippen LogP contribution is -2.12. The lowest BCUT2D eigenvalue weighted by atomic mass is 10.2. The summed E-state index contributed by atoms with van der Waals surface area (Å²) < 4.78 is 0. The van der Waals surface area contributed by atoms with Gasteiger partial charge in [0.1, 0.15) is 0 Å². The van der Waals surface area contributed by atoms with Crippen LogP contribution in [-0.4, -0.2) is 20.9 Å². The number of pyridine rings is 1. The van der Waals surface area contributed by atoms with E-state index in [1.807, 2.05) is 48.5 Å². The van der Waals surface area contributed by atoms with Gasteiger partial charge in [-0.3, -0.25) is 9.78 Å². The number of benzene rings is 2. The number of aromatic nitrogens is 3. The fourth-order valence-electron chi connectivity index (χ4n) is 2.76. The van der Waals surface area contributed by atoms with Crippen LogP contribution in [0.1, 0.15) is 10.4 Å². The molecular weight excluding hydrogens is 382 g/mol. The molecule has 0 saturated carbocycles. The van der Waals surface area contributed by atoms with Crippen molar-refractivity contribution < 1.29 is 4.79 Å². The third-order valence-corrected chi connectivity index (χ3v) is 4.53. The van der Waals surface area contributed by atoms with E-state index in [2.05, 4.69) is 38.2 Å². The van der Waals surface area contributed by atoms with E-state index >= 15 is 0 Å². The molecule has 4 rings (SSSR count). The highest BCUT2D eigenvalue weighted by Crippen LogP contribution is 2.22. The van der Waals surface area contributed by atoms with Crippen molar-refractivity contribution in [3.8, 4) is 11.3 Å². The van der Waals surface area contributed by atoms with Crippen LogP contribution >= 0.6 is 12.6 Å². The molecule has 4 aromatic rings. The second kappa shape index (κ2) is 8.53. The Kier molecular flexibility index (Phi) is 5.49. The van der Waals surface area contributed by atoms with Gasteiger partial charge < -0.3 is 10.6 Å². The minimum absolute atomic E-state index is 0.220. The van der Waals surface area contributed by atoms with Crippen LogP contribution in [0.4, 0.5) is 17.3 Å². The molecule has 2 aromatic carbocycles. The highest BCUT2D eigenvalue weighted by atomic mass is 32.1. The van der Waals surface area contributed by atoms with Crippen molar-refractivity contribution in [2.45, 2.75) is 4.90 Å². The fourth-order valence-corrected chi connectivity index (χ4v) is 3.02. The predicted molar refractivity (Wildman–Crippen MR) is 117 cm³/mol. The summed E-state index contributed by atoms with van der Waals surface area (Å²) >= 11 is 4.34. The normalized spacial score (nSPS) is 10.4. The van der Waals surface area contributed by atoms with Gasteiger partial charge in [-0.1, -0.05) is 18.2 Å². The van der Waals surface area contributed by atoms with Crippen LogP contribution in [0, 0.1) is 0 Å². The molecule has 0 atom stereocenters. The summed E-state index contributed by atoms with van der Waals surface area (Å²) in [7, 11) is 0. The minimum atomic E-state index is -0.220. The van der Waals surface area contributed by atoms with Crippen molar-refractivity contribution in [2.24, 2.45) is 0 Å². The quantitative estimate of drug-likeness (QED) is 0.419. The molecule has 0 unspecified atom stereocenters. The van der Waals surface area contributed by atoms with E-state index in [0.29, 0.717) is 22.1 Å². The highest BCUT2D eigenvalue weighted by Gasteiger charge is 2.10. The molecular formula is C22H17N5OS. The molecule has 0 bridgehead atoms. The van der Waals surface area contributed by atoms with Crippen molar-refractivity contribution >= 4 is 35.9 Å². The van der Waals surface area contributed by atoms with Crippen LogP contribution in [0.15, 0.2) is 90.2 Å². The van der Waals surface area contributed by atoms with Crippen molar-refractivity contribution in [3.63, 3.8) is 0 Å². The standard InChI is InChI=1S/C22H17N5OS/c28-21(18-8-1-2-9-20(18)29)25-16-6-3-7-17(13-16)26-22-24-12-10-19(27-22)15-5-4-11-23-14-15/h1-14,29H,(H,25,28)(H,24,26,27). The molecule has 0 spiro atoms. The maximum absolute atomic E-state index is 12.5. The van der Waals surface area contributed by atoms with Gasteiger partial charge in [-0.15, -0.1) is 12.6 Å². The van der Waals surface area contributed by atoms with E-state index in [4.69, 9.17) is 0 Å². The molecule has 2 heterocycles. The van der Waals surface area contributed by atoms with E-state index in [1.165, 1.54) is 0 Å². The number of thiol groups is 1. The Morgan fingerprint density at radius 3 is 2.59 bits per heavy atom. The average molecular weight is 399 g/mol. The maximum atomic E-state index is 12.5. The lowest BCUT2D eigenvalue weighted by molar-refractivity contribution is 0.102. The maximum Gasteiger partial charge on any atom is 0.256 e. The number of hydrogen-bond acceptors (Lipinski definition) is 6. The number of hydrogen-bond donors (Lipinski definition) is 3. The molecule has 0 radical (unpaired) electrons. The molecule has 6 nitrogen and oxygen atoms in total. The third-order valence-electron chi connectivity index (χ3n) is 4.14. The second-order valence-electron chi connectivity index (χ2n) is 6.18. The van der Waals surface area contributed by atoms with Gasteiger partial charge in [0.05, 0.1) is 11.3 Å². The van der Waals surface area contributed by atoms with E-state index in [-0.39, 0.29) is 5.91 Å². The summed E-state index contributed by atoms with van der Waals surface area (Å²) in [5.74, 6) is 0.234. The largest absolute Gasteiger partial charge is 0.324 e. The number of rotatable bonds is 5. The van der Waals surface area contributed by atoms with Crippen LogP contribution in [0.25, 0.3) is 11.3 Å². The monoisotopic (exact) mass is 399 g/mol. The Balaban J connectivity index is 1.51. The molecule has 2 aromatic heterocycles. The molecule has 0 aliphatic carbocycles. The minimum Gasteiger partial charge on any atom is -0.324 e. The molecule has 7 heteroatoms. The number of anilines is 3. The van der Waals surface area contributed by atoms with Crippen molar-refractivity contribution in [3.05, 3.63) is 90.9 Å². The van der Waals surface area contributed by atoms with Gasteiger partial charge in [0.2, 0.25) is 5.95 Å². The van der Waals surface area contributed by atoms with Gasteiger partial charge >= 0.3 is 0 Å². The highest BCUT2D eigenvalue weighted by molar-refractivity contribution is 7.80. The Hall–Kier alpha value is -3.71. The van der Waals surface area contributed by atoms with Crippen LogP contribution in [0.2, 0.25) is 0 Å². The van der Waals surface area contributed by atoms with Gasteiger partial charge in [-0.05, 0) is 48.5 Å². The molecule has 142 valence electrons. The van der Waals surface area contributed by atoms with Gasteiger partial charge in [0.25, 0.3) is 5.91 Å². The summed E-state index contributed by atoms with van der Waals surface area (Å²) in [6.07, 6.45) is 5.16.